The lowest BCUT2D eigenvalue weighted by atomic mass is 10.1. The SMILES string of the molecule is CN(C)c1cccc(C(=O)O)c1O. The number of aromatic carboxylic acids is 1. The molecule has 0 fully saturated rings. The average Bonchev–Trinajstić information content (AvgIpc) is 2.03. The van der Waals surface area contributed by atoms with Gasteiger partial charge in [0, 0.05) is 14.1 Å². The Balaban J connectivity index is 3.26. The number of nitrogens with zero attached hydrogens (tertiary/aromatic N) is 1. The Morgan fingerprint density at radius 1 is 1.38 bits per heavy atom. The fraction of sp³-hybridized carbons (Fsp3) is 0.222. The molecule has 0 atom stereocenters. The second-order valence-electron chi connectivity index (χ2n) is 2.87. The highest BCUT2D eigenvalue weighted by molar-refractivity contribution is 5.93. The molecule has 0 amide bonds. The largest absolute Gasteiger partial charge is 0.505 e. The molecule has 13 heavy (non-hydrogen) atoms. The number of phenols is 1. The number of carboxylic acids is 1. The summed E-state index contributed by atoms with van der Waals surface area (Å²) >= 11 is 0. The van der Waals surface area contributed by atoms with E-state index in [0.717, 1.165) is 0 Å². The van der Waals surface area contributed by atoms with Crippen molar-refractivity contribution in [1.82, 2.24) is 0 Å². The molecule has 1 aromatic rings. The van der Waals surface area contributed by atoms with E-state index in [4.69, 9.17) is 5.11 Å². The van der Waals surface area contributed by atoms with Gasteiger partial charge in [0.25, 0.3) is 0 Å². The van der Waals surface area contributed by atoms with Crippen molar-refractivity contribution in [2.75, 3.05) is 19.0 Å². The Hall–Kier alpha value is -1.71. The summed E-state index contributed by atoms with van der Waals surface area (Å²) in [6.07, 6.45) is 0. The number of hydrogen-bond acceptors (Lipinski definition) is 3. The molecular formula is C9H11NO3. The molecule has 0 spiro atoms. The van der Waals surface area contributed by atoms with Gasteiger partial charge < -0.3 is 15.1 Å². The van der Waals surface area contributed by atoms with Crippen LogP contribution >= 0.6 is 0 Å². The summed E-state index contributed by atoms with van der Waals surface area (Å²) in [6.45, 7) is 0. The number of anilines is 1. The number of carboxylic acid groups (broad SMARTS) is 1. The molecule has 0 aliphatic carbocycles. The lowest BCUT2D eigenvalue weighted by Crippen LogP contribution is -2.10. The van der Waals surface area contributed by atoms with Crippen molar-refractivity contribution in [3.05, 3.63) is 23.8 Å². The molecule has 0 bridgehead atoms. The van der Waals surface area contributed by atoms with Crippen LogP contribution in [0, 0.1) is 0 Å². The number of benzene rings is 1. The summed E-state index contributed by atoms with van der Waals surface area (Å²) in [6, 6.07) is 4.62. The quantitative estimate of drug-likeness (QED) is 0.718. The van der Waals surface area contributed by atoms with Crippen LogP contribution in [0.15, 0.2) is 18.2 Å². The van der Waals surface area contributed by atoms with Gasteiger partial charge in [-0.1, -0.05) is 6.07 Å². The third-order valence-corrected chi connectivity index (χ3v) is 1.73. The van der Waals surface area contributed by atoms with Crippen LogP contribution in [-0.2, 0) is 0 Å². The smallest absolute Gasteiger partial charge is 0.339 e. The van der Waals surface area contributed by atoms with Crippen LogP contribution in [0.25, 0.3) is 0 Å². The van der Waals surface area contributed by atoms with Gasteiger partial charge in [-0.3, -0.25) is 0 Å². The van der Waals surface area contributed by atoms with Gasteiger partial charge in [0.1, 0.15) is 5.56 Å². The standard InChI is InChI=1S/C9H11NO3/c1-10(2)7-5-3-4-6(8(7)11)9(12)13/h3-5,11H,1-2H3,(H,12,13). The van der Waals surface area contributed by atoms with Gasteiger partial charge in [0.2, 0.25) is 0 Å². The van der Waals surface area contributed by atoms with Gasteiger partial charge in [0.15, 0.2) is 5.75 Å². The molecule has 2 N–H and O–H groups in total. The Bertz CT molecular complexity index is 334. The maximum Gasteiger partial charge on any atom is 0.339 e. The van der Waals surface area contributed by atoms with Crippen molar-refractivity contribution in [2.45, 2.75) is 0 Å². The van der Waals surface area contributed by atoms with Crippen LogP contribution in [0.3, 0.4) is 0 Å². The van der Waals surface area contributed by atoms with E-state index in [1.165, 1.54) is 6.07 Å². The molecule has 0 aliphatic rings. The van der Waals surface area contributed by atoms with Crippen LogP contribution < -0.4 is 4.90 Å². The van der Waals surface area contributed by atoms with Crippen molar-refractivity contribution < 1.29 is 15.0 Å². The first-order valence-electron chi connectivity index (χ1n) is 3.76. The second kappa shape index (κ2) is 3.35. The molecule has 0 radical (unpaired) electrons. The highest BCUT2D eigenvalue weighted by atomic mass is 16.4. The first-order chi connectivity index (χ1) is 6.04. The highest BCUT2D eigenvalue weighted by Crippen LogP contribution is 2.29. The van der Waals surface area contributed by atoms with Gasteiger partial charge in [-0.2, -0.15) is 0 Å². The zero-order valence-electron chi connectivity index (χ0n) is 7.48. The summed E-state index contributed by atoms with van der Waals surface area (Å²) in [4.78, 5) is 12.3. The van der Waals surface area contributed by atoms with Crippen molar-refractivity contribution in [2.24, 2.45) is 0 Å². The zero-order chi connectivity index (χ0) is 10.0. The van der Waals surface area contributed by atoms with Gasteiger partial charge >= 0.3 is 5.97 Å². The molecule has 0 heterocycles. The molecular weight excluding hydrogens is 170 g/mol. The Labute approximate surface area is 76.0 Å². The topological polar surface area (TPSA) is 60.8 Å². The molecule has 0 saturated heterocycles. The zero-order valence-corrected chi connectivity index (χ0v) is 7.48. The van der Waals surface area contributed by atoms with E-state index in [1.54, 1.807) is 31.1 Å². The maximum absolute atomic E-state index is 10.6. The lowest BCUT2D eigenvalue weighted by molar-refractivity contribution is 0.0694. The molecule has 0 aromatic heterocycles. The Morgan fingerprint density at radius 2 is 2.00 bits per heavy atom. The van der Waals surface area contributed by atoms with Crippen molar-refractivity contribution in [3.63, 3.8) is 0 Å². The molecule has 1 aromatic carbocycles. The molecule has 0 unspecified atom stereocenters. The van der Waals surface area contributed by atoms with E-state index in [2.05, 4.69) is 0 Å². The van der Waals surface area contributed by atoms with Crippen molar-refractivity contribution >= 4 is 11.7 Å². The van der Waals surface area contributed by atoms with Crippen molar-refractivity contribution in [3.8, 4) is 5.75 Å². The predicted molar refractivity (Wildman–Crippen MR) is 49.4 cm³/mol. The summed E-state index contributed by atoms with van der Waals surface area (Å²) in [7, 11) is 3.47. The second-order valence-corrected chi connectivity index (χ2v) is 2.87. The normalized spacial score (nSPS) is 9.69. The van der Waals surface area contributed by atoms with Crippen LogP contribution in [0.4, 0.5) is 5.69 Å². The maximum atomic E-state index is 10.6. The van der Waals surface area contributed by atoms with E-state index in [-0.39, 0.29) is 11.3 Å². The number of hydrogen-bond donors (Lipinski definition) is 2. The fourth-order valence-electron chi connectivity index (χ4n) is 1.06. The lowest BCUT2D eigenvalue weighted by Gasteiger charge is -2.14. The predicted octanol–water partition coefficient (Wildman–Crippen LogP) is 1.16. The molecule has 4 heteroatoms. The van der Waals surface area contributed by atoms with Gasteiger partial charge in [-0.25, -0.2) is 4.79 Å². The number of aromatic hydroxyl groups is 1. The first-order valence-corrected chi connectivity index (χ1v) is 3.76. The van der Waals surface area contributed by atoms with Gasteiger partial charge in [-0.05, 0) is 12.1 Å². The Morgan fingerprint density at radius 3 is 2.46 bits per heavy atom. The molecule has 70 valence electrons. The summed E-state index contributed by atoms with van der Waals surface area (Å²) in [5, 5.41) is 18.2. The van der Waals surface area contributed by atoms with E-state index in [1.807, 2.05) is 0 Å². The van der Waals surface area contributed by atoms with Crippen molar-refractivity contribution in [1.29, 1.82) is 0 Å². The molecule has 1 rings (SSSR count). The van der Waals surface area contributed by atoms with E-state index >= 15 is 0 Å². The monoisotopic (exact) mass is 181 g/mol. The van der Waals surface area contributed by atoms with E-state index in [0.29, 0.717) is 5.69 Å². The fourth-order valence-corrected chi connectivity index (χ4v) is 1.06. The summed E-state index contributed by atoms with van der Waals surface area (Å²) < 4.78 is 0. The van der Waals surface area contributed by atoms with Gasteiger partial charge in [-0.15, -0.1) is 0 Å². The van der Waals surface area contributed by atoms with Crippen LogP contribution in [-0.4, -0.2) is 30.3 Å². The third kappa shape index (κ3) is 1.72. The minimum absolute atomic E-state index is 0.0776. The number of para-hydroxylation sites is 1. The first kappa shape index (κ1) is 9.38. The molecule has 0 saturated carbocycles. The average molecular weight is 181 g/mol. The van der Waals surface area contributed by atoms with Crippen LogP contribution in [0.5, 0.6) is 5.75 Å². The number of rotatable bonds is 2. The minimum atomic E-state index is -1.12. The summed E-state index contributed by atoms with van der Waals surface area (Å²) in [5.41, 5.74) is 0.422. The number of carbonyl (C=O) groups is 1. The Kier molecular flexibility index (Phi) is 2.41. The molecule has 4 nitrogen and oxygen atoms in total. The third-order valence-electron chi connectivity index (χ3n) is 1.73. The van der Waals surface area contributed by atoms with E-state index in [9.17, 15) is 9.90 Å². The highest BCUT2D eigenvalue weighted by Gasteiger charge is 2.13. The van der Waals surface area contributed by atoms with Crippen LogP contribution in [0.2, 0.25) is 0 Å². The van der Waals surface area contributed by atoms with E-state index < -0.39 is 5.97 Å². The molecule has 0 aliphatic heterocycles. The van der Waals surface area contributed by atoms with Gasteiger partial charge in [0.05, 0.1) is 5.69 Å². The summed E-state index contributed by atoms with van der Waals surface area (Å²) in [5.74, 6) is -1.32. The van der Waals surface area contributed by atoms with Crippen LogP contribution in [0.1, 0.15) is 10.4 Å². The minimum Gasteiger partial charge on any atom is -0.505 e.